The van der Waals surface area contributed by atoms with Crippen molar-refractivity contribution in [1.82, 2.24) is 10.2 Å². The van der Waals surface area contributed by atoms with Gasteiger partial charge in [0.15, 0.2) is 0 Å². The van der Waals surface area contributed by atoms with Gasteiger partial charge in [-0.2, -0.15) is 0 Å². The Bertz CT molecular complexity index is 1400. The molecule has 5 fully saturated rings. The maximum atomic E-state index is 13.1. The molecule has 7 heteroatoms. The summed E-state index contributed by atoms with van der Waals surface area (Å²) < 4.78 is 6.01. The van der Waals surface area contributed by atoms with E-state index in [0.717, 1.165) is 89.3 Å². The number of hydrogen-bond donors (Lipinski definition) is 2. The van der Waals surface area contributed by atoms with Crippen LogP contribution in [0.25, 0.3) is 0 Å². The van der Waals surface area contributed by atoms with Crippen LogP contribution in [0, 0.1) is 34.6 Å². The minimum atomic E-state index is -1.71. The average molecular weight is 688 g/mol. The molecule has 1 amide bonds. The fraction of sp³-hybridized carbons (Fsp3) is 0.786. The summed E-state index contributed by atoms with van der Waals surface area (Å²) in [6, 6.07) is 8.55. The lowest BCUT2D eigenvalue weighted by atomic mass is 9.53. The largest absolute Gasteiger partial charge is 0.495 e. The summed E-state index contributed by atoms with van der Waals surface area (Å²) in [6.45, 7) is 11.3. The summed E-state index contributed by atoms with van der Waals surface area (Å²) in [5.74, 6) is 7.65. The number of methoxy groups -OCH3 is 1. The van der Waals surface area contributed by atoms with E-state index in [2.05, 4.69) is 59.5 Å². The molecule has 6 atom stereocenters. The first kappa shape index (κ1) is 35.4. The van der Waals surface area contributed by atoms with Gasteiger partial charge in [0.25, 0.3) is 0 Å². The van der Waals surface area contributed by atoms with E-state index in [1.165, 1.54) is 79.9 Å². The number of fused-ring (bicyclic) bond motifs is 5. The van der Waals surface area contributed by atoms with Gasteiger partial charge in [-0.05, 0) is 123 Å². The Morgan fingerprint density at radius 1 is 1.02 bits per heavy atom. The lowest BCUT2D eigenvalue weighted by Gasteiger charge is -2.52. The van der Waals surface area contributed by atoms with Crippen LogP contribution in [-0.4, -0.2) is 75.5 Å². The van der Waals surface area contributed by atoms with E-state index in [9.17, 15) is 9.90 Å². The summed E-state index contributed by atoms with van der Waals surface area (Å²) in [4.78, 5) is 17.6. The molecule has 3 saturated carbocycles. The molecule has 4 aliphatic carbocycles. The van der Waals surface area contributed by atoms with Gasteiger partial charge in [-0.25, -0.2) is 0 Å². The van der Waals surface area contributed by atoms with E-state index in [0.29, 0.717) is 17.8 Å². The molecule has 1 aromatic carbocycles. The first-order valence-corrected chi connectivity index (χ1v) is 23.1. The van der Waals surface area contributed by atoms with Gasteiger partial charge in [-0.3, -0.25) is 4.79 Å². The minimum absolute atomic E-state index is 0.00664. The number of benzene rings is 1. The zero-order valence-corrected chi connectivity index (χ0v) is 32.3. The number of rotatable bonds is 10. The van der Waals surface area contributed by atoms with Gasteiger partial charge in [0.2, 0.25) is 5.91 Å². The second kappa shape index (κ2) is 14.5. The molecule has 0 aromatic heterocycles. The molecule has 2 N–H and O–H groups in total. The predicted molar refractivity (Wildman–Crippen MR) is 203 cm³/mol. The molecule has 2 heterocycles. The predicted octanol–water partition coefficient (Wildman–Crippen LogP) is 7.68. The van der Waals surface area contributed by atoms with Gasteiger partial charge in [0.05, 0.1) is 18.8 Å². The van der Waals surface area contributed by atoms with Crippen LogP contribution in [0.2, 0.25) is 18.1 Å². The van der Waals surface area contributed by atoms with Crippen LogP contribution < -0.4 is 15.0 Å². The first-order valence-electron chi connectivity index (χ1n) is 20.5. The molecule has 6 aliphatic rings. The first-order chi connectivity index (χ1) is 23.7. The fourth-order valence-electron chi connectivity index (χ4n) is 11.3. The Morgan fingerprint density at radius 3 is 2.49 bits per heavy atom. The number of piperazine rings is 1. The SMILES string of the molecule is CC[Si](C#C[C@]1(O)CCC2C3CCc4cc(OC)c(N5CCN(C(=O)[C@@H]6CCCN6)CC5)cc4C3CC[C@@]21C)(CC)CCCCC1CCC1. The Hall–Kier alpha value is -2.01. The van der Waals surface area contributed by atoms with E-state index >= 15 is 0 Å². The number of nitrogens with zero attached hydrogens (tertiary/aromatic N) is 2. The molecular formula is C42H65N3O3Si. The van der Waals surface area contributed by atoms with Gasteiger partial charge in [-0.15, -0.1) is 5.54 Å². The third kappa shape index (κ3) is 6.61. The van der Waals surface area contributed by atoms with Crippen molar-refractivity contribution in [2.45, 2.75) is 146 Å². The Labute approximate surface area is 298 Å². The molecule has 0 bridgehead atoms. The van der Waals surface area contributed by atoms with Crippen LogP contribution in [0.3, 0.4) is 0 Å². The van der Waals surface area contributed by atoms with Crippen LogP contribution in [0.4, 0.5) is 5.69 Å². The lowest BCUT2D eigenvalue weighted by Crippen LogP contribution is -2.53. The average Bonchev–Trinajstić information content (AvgIpc) is 3.75. The third-order valence-electron chi connectivity index (χ3n) is 15.1. The van der Waals surface area contributed by atoms with Gasteiger partial charge in [-0.1, -0.05) is 65.2 Å². The molecule has 0 radical (unpaired) electrons. The van der Waals surface area contributed by atoms with Crippen molar-refractivity contribution >= 4 is 19.7 Å². The molecule has 6 nitrogen and oxygen atoms in total. The normalized spacial score (nSPS) is 32.8. The zero-order chi connectivity index (χ0) is 34.2. The second-order valence-electron chi connectivity index (χ2n) is 17.2. The number of carbonyl (C=O) groups excluding carboxylic acids is 1. The second-order valence-corrected chi connectivity index (χ2v) is 22.0. The number of unbranched alkanes of at least 4 members (excludes halogenated alkanes) is 1. The zero-order valence-electron chi connectivity index (χ0n) is 31.3. The number of aryl methyl sites for hydroxylation is 1. The van der Waals surface area contributed by atoms with Gasteiger partial charge < -0.3 is 25.0 Å². The molecule has 3 unspecified atom stereocenters. The van der Waals surface area contributed by atoms with Crippen LogP contribution in [0.15, 0.2) is 12.1 Å². The fourth-order valence-corrected chi connectivity index (χ4v) is 14.3. The van der Waals surface area contributed by atoms with E-state index in [4.69, 9.17) is 4.74 Å². The number of hydrogen-bond acceptors (Lipinski definition) is 5. The van der Waals surface area contributed by atoms with E-state index in [1.807, 2.05) is 0 Å². The van der Waals surface area contributed by atoms with Crippen molar-refractivity contribution < 1.29 is 14.6 Å². The number of carbonyl (C=O) groups is 1. The van der Waals surface area contributed by atoms with Gasteiger partial charge in [0.1, 0.15) is 19.4 Å². The Kier molecular flexibility index (Phi) is 10.5. The summed E-state index contributed by atoms with van der Waals surface area (Å²) >= 11 is 0. The standard InChI is InChI=1S/C42H65N3O3Si/c1-5-49(6-2,27-8-7-11-31-12-9-13-31)28-21-42(47)20-18-36-34-16-15-32-29-39(48-4)38(30-35(32)33(34)17-19-41(36,42)3)44-23-25-45(26-24-44)40(46)37-14-10-22-43-37/h29-31,33-34,36-37,43,47H,5-20,22-27H2,1-4H3/t33?,34?,36?,37-,41-,42+/m0/s1. The molecule has 2 saturated heterocycles. The van der Waals surface area contributed by atoms with Crippen molar-refractivity contribution in [2.24, 2.45) is 23.2 Å². The molecule has 2 aliphatic heterocycles. The molecular weight excluding hydrogens is 623 g/mol. The van der Waals surface area contributed by atoms with Crippen LogP contribution in [0.1, 0.15) is 121 Å². The monoisotopic (exact) mass is 687 g/mol. The highest BCUT2D eigenvalue weighted by Gasteiger charge is 2.61. The molecule has 7 rings (SSSR count). The van der Waals surface area contributed by atoms with E-state index in [-0.39, 0.29) is 17.4 Å². The van der Waals surface area contributed by atoms with Crippen molar-refractivity contribution in [1.29, 1.82) is 0 Å². The maximum Gasteiger partial charge on any atom is 0.239 e. The van der Waals surface area contributed by atoms with Crippen LogP contribution in [-0.2, 0) is 11.2 Å². The van der Waals surface area contributed by atoms with Gasteiger partial charge in [0, 0.05) is 31.6 Å². The highest BCUT2D eigenvalue weighted by Crippen LogP contribution is 2.64. The summed E-state index contributed by atoms with van der Waals surface area (Å²) in [6.07, 6.45) is 16.9. The summed E-state index contributed by atoms with van der Waals surface area (Å²) in [7, 11) is 0.0985. The minimum Gasteiger partial charge on any atom is -0.495 e. The molecule has 1 aromatic rings. The number of ether oxygens (including phenoxy) is 1. The third-order valence-corrected chi connectivity index (χ3v) is 19.8. The van der Waals surface area contributed by atoms with Gasteiger partial charge >= 0.3 is 0 Å². The lowest BCUT2D eigenvalue weighted by molar-refractivity contribution is -0.133. The molecule has 49 heavy (non-hydrogen) atoms. The van der Waals surface area contributed by atoms with Crippen LogP contribution >= 0.6 is 0 Å². The van der Waals surface area contributed by atoms with Crippen molar-refractivity contribution in [3.8, 4) is 17.2 Å². The smallest absolute Gasteiger partial charge is 0.239 e. The highest BCUT2D eigenvalue weighted by atomic mass is 28.3. The number of amides is 1. The van der Waals surface area contributed by atoms with Crippen LogP contribution in [0.5, 0.6) is 5.75 Å². The molecule has 270 valence electrons. The van der Waals surface area contributed by atoms with Crippen molar-refractivity contribution in [3.63, 3.8) is 0 Å². The Morgan fingerprint density at radius 2 is 1.82 bits per heavy atom. The number of nitrogens with one attached hydrogen (secondary N) is 1. The number of anilines is 1. The van der Waals surface area contributed by atoms with E-state index in [1.54, 1.807) is 7.11 Å². The van der Waals surface area contributed by atoms with Crippen molar-refractivity contribution in [3.05, 3.63) is 23.3 Å². The highest BCUT2D eigenvalue weighted by molar-refractivity contribution is 6.87. The number of aliphatic hydroxyl groups is 1. The summed E-state index contributed by atoms with van der Waals surface area (Å²) in [5.41, 5.74) is 7.15. The van der Waals surface area contributed by atoms with Crippen molar-refractivity contribution in [2.75, 3.05) is 44.7 Å². The summed E-state index contributed by atoms with van der Waals surface area (Å²) in [5, 5.41) is 15.9. The quantitative estimate of drug-likeness (QED) is 0.150. The topological polar surface area (TPSA) is 65.0 Å². The van der Waals surface area contributed by atoms with E-state index < -0.39 is 13.7 Å². The Balaban J connectivity index is 1.05. The molecule has 0 spiro atoms. The maximum absolute atomic E-state index is 13.1.